The molecule has 0 aromatic heterocycles. The Hall–Kier alpha value is -2.00. The maximum Gasteiger partial charge on any atom is 0.0400 e. The van der Waals surface area contributed by atoms with Gasteiger partial charge in [-0.2, -0.15) is 0 Å². The van der Waals surface area contributed by atoms with E-state index in [-0.39, 0.29) is 0 Å². The number of benzene rings is 2. The minimum Gasteiger partial charge on any atom is -0.381 e. The predicted octanol–water partition coefficient (Wildman–Crippen LogP) is 4.08. The highest BCUT2D eigenvalue weighted by Crippen LogP contribution is 2.20. The second-order valence-corrected chi connectivity index (χ2v) is 7.07. The van der Waals surface area contributed by atoms with E-state index < -0.39 is 0 Å². The van der Waals surface area contributed by atoms with E-state index in [4.69, 9.17) is 0 Å². The monoisotopic (exact) mass is 323 g/mol. The molecule has 1 heterocycles. The van der Waals surface area contributed by atoms with Gasteiger partial charge in [-0.3, -0.25) is 4.90 Å². The van der Waals surface area contributed by atoms with E-state index in [1.54, 1.807) is 0 Å². The Morgan fingerprint density at radius 3 is 2.17 bits per heavy atom. The van der Waals surface area contributed by atoms with Crippen LogP contribution in [0.15, 0.2) is 54.6 Å². The fourth-order valence-electron chi connectivity index (χ4n) is 3.30. The van der Waals surface area contributed by atoms with Gasteiger partial charge >= 0.3 is 0 Å². The molecule has 0 atom stereocenters. The minimum atomic E-state index is 0.756. The molecule has 0 amide bonds. The quantitative estimate of drug-likeness (QED) is 0.864. The first-order valence-corrected chi connectivity index (χ1v) is 9.06. The molecule has 2 aromatic rings. The molecule has 0 radical (unpaired) electrons. The smallest absolute Gasteiger partial charge is 0.0400 e. The maximum absolute atomic E-state index is 3.49. The fraction of sp³-hybridized carbons (Fsp3) is 0.429. The van der Waals surface area contributed by atoms with E-state index in [0.29, 0.717) is 0 Å². The molecule has 128 valence electrons. The lowest BCUT2D eigenvalue weighted by molar-refractivity contribution is 0.231. The normalized spacial score (nSPS) is 15.7. The Kier molecular flexibility index (Phi) is 5.76. The molecule has 0 spiro atoms. The average Bonchev–Trinajstić information content (AvgIpc) is 2.62. The first kappa shape index (κ1) is 16.8. The number of nitrogens with zero attached hydrogens (tertiary/aromatic N) is 2. The lowest BCUT2D eigenvalue weighted by Crippen LogP contribution is -2.47. The van der Waals surface area contributed by atoms with Crippen LogP contribution in [0.2, 0.25) is 0 Å². The van der Waals surface area contributed by atoms with Crippen LogP contribution >= 0.6 is 0 Å². The van der Waals surface area contributed by atoms with Crippen LogP contribution in [0, 0.1) is 5.92 Å². The molecular weight excluding hydrogens is 294 g/mol. The molecule has 0 unspecified atom stereocenters. The highest BCUT2D eigenvalue weighted by Gasteiger charge is 2.17. The van der Waals surface area contributed by atoms with Crippen LogP contribution in [-0.2, 0) is 6.54 Å². The highest BCUT2D eigenvalue weighted by molar-refractivity contribution is 5.55. The van der Waals surface area contributed by atoms with Crippen molar-refractivity contribution in [3.05, 3.63) is 60.2 Å². The van der Waals surface area contributed by atoms with E-state index in [1.807, 2.05) is 0 Å². The maximum atomic E-state index is 3.49. The predicted molar refractivity (Wildman–Crippen MR) is 104 cm³/mol. The van der Waals surface area contributed by atoms with Gasteiger partial charge in [0.15, 0.2) is 0 Å². The molecule has 0 saturated carbocycles. The summed E-state index contributed by atoms with van der Waals surface area (Å²) >= 11 is 0. The number of rotatable bonds is 6. The summed E-state index contributed by atoms with van der Waals surface area (Å²) in [6.45, 7) is 11.3. The summed E-state index contributed by atoms with van der Waals surface area (Å²) in [5.41, 5.74) is 3.83. The van der Waals surface area contributed by atoms with Crippen LogP contribution in [0.25, 0.3) is 0 Å². The third-order valence-corrected chi connectivity index (χ3v) is 4.57. The van der Waals surface area contributed by atoms with Gasteiger partial charge in [-0.05, 0) is 35.7 Å². The van der Waals surface area contributed by atoms with Gasteiger partial charge in [-0.15, -0.1) is 0 Å². The van der Waals surface area contributed by atoms with Gasteiger partial charge < -0.3 is 10.2 Å². The zero-order valence-corrected chi connectivity index (χ0v) is 14.9. The molecule has 1 saturated heterocycles. The number of hydrogen-bond donors (Lipinski definition) is 1. The number of anilines is 2. The molecule has 0 aliphatic carbocycles. The van der Waals surface area contributed by atoms with Gasteiger partial charge in [0.2, 0.25) is 0 Å². The molecule has 1 aliphatic rings. The number of hydrogen-bond acceptors (Lipinski definition) is 3. The Bertz CT molecular complexity index is 599. The third-order valence-electron chi connectivity index (χ3n) is 4.57. The first-order chi connectivity index (χ1) is 11.7. The molecule has 3 nitrogen and oxygen atoms in total. The van der Waals surface area contributed by atoms with E-state index in [2.05, 4.69) is 83.6 Å². The summed E-state index contributed by atoms with van der Waals surface area (Å²) in [7, 11) is 0. The number of piperazine rings is 1. The van der Waals surface area contributed by atoms with Crippen molar-refractivity contribution < 1.29 is 0 Å². The van der Waals surface area contributed by atoms with Crippen molar-refractivity contribution in [2.45, 2.75) is 20.4 Å². The van der Waals surface area contributed by atoms with Crippen molar-refractivity contribution in [1.82, 2.24) is 4.90 Å². The van der Waals surface area contributed by atoms with Gasteiger partial charge in [0.1, 0.15) is 0 Å². The summed E-state index contributed by atoms with van der Waals surface area (Å²) in [6.07, 6.45) is 0. The van der Waals surface area contributed by atoms with E-state index in [9.17, 15) is 0 Å². The van der Waals surface area contributed by atoms with Crippen LogP contribution in [0.4, 0.5) is 11.4 Å². The molecule has 2 aromatic carbocycles. The van der Waals surface area contributed by atoms with E-state index in [0.717, 1.165) is 25.6 Å². The standard InChI is InChI=1S/C21H29N3/c1-18(2)17-23-12-14-24(15-13-23)21-10-8-20(9-11-21)22-16-19-6-4-3-5-7-19/h3-11,18,22H,12-17H2,1-2H3. The number of nitrogens with one attached hydrogen (secondary N) is 1. The second-order valence-electron chi connectivity index (χ2n) is 7.07. The molecule has 1 fully saturated rings. The highest BCUT2D eigenvalue weighted by atomic mass is 15.3. The SMILES string of the molecule is CC(C)CN1CCN(c2ccc(NCc3ccccc3)cc2)CC1. The Morgan fingerprint density at radius 1 is 0.875 bits per heavy atom. The minimum absolute atomic E-state index is 0.756. The molecule has 0 bridgehead atoms. The summed E-state index contributed by atoms with van der Waals surface area (Å²) in [4.78, 5) is 5.08. The molecule has 3 rings (SSSR count). The van der Waals surface area contributed by atoms with Crippen molar-refractivity contribution in [3.63, 3.8) is 0 Å². The van der Waals surface area contributed by atoms with Gasteiger partial charge in [-0.1, -0.05) is 44.2 Å². The van der Waals surface area contributed by atoms with E-state index in [1.165, 1.54) is 36.6 Å². The summed E-state index contributed by atoms with van der Waals surface area (Å²) in [5.74, 6) is 0.756. The van der Waals surface area contributed by atoms with Crippen molar-refractivity contribution in [2.75, 3.05) is 42.9 Å². The van der Waals surface area contributed by atoms with Crippen LogP contribution in [0.3, 0.4) is 0 Å². The third kappa shape index (κ3) is 4.75. The molecule has 1 N–H and O–H groups in total. The molecule has 3 heteroatoms. The zero-order chi connectivity index (χ0) is 16.8. The second kappa shape index (κ2) is 8.20. The summed E-state index contributed by atoms with van der Waals surface area (Å²) < 4.78 is 0. The largest absolute Gasteiger partial charge is 0.381 e. The van der Waals surface area contributed by atoms with E-state index >= 15 is 0 Å². The lowest BCUT2D eigenvalue weighted by atomic mass is 10.1. The van der Waals surface area contributed by atoms with Gasteiger partial charge in [-0.25, -0.2) is 0 Å². The van der Waals surface area contributed by atoms with Crippen LogP contribution in [0.1, 0.15) is 19.4 Å². The lowest BCUT2D eigenvalue weighted by Gasteiger charge is -2.36. The van der Waals surface area contributed by atoms with Gasteiger partial charge in [0, 0.05) is 50.6 Å². The molecular formula is C21H29N3. The molecule has 1 aliphatic heterocycles. The fourth-order valence-corrected chi connectivity index (χ4v) is 3.30. The van der Waals surface area contributed by atoms with Crippen LogP contribution < -0.4 is 10.2 Å². The van der Waals surface area contributed by atoms with Crippen molar-refractivity contribution in [3.8, 4) is 0 Å². The van der Waals surface area contributed by atoms with Crippen LogP contribution in [0.5, 0.6) is 0 Å². The Labute approximate surface area is 146 Å². The molecule has 24 heavy (non-hydrogen) atoms. The Morgan fingerprint density at radius 2 is 1.54 bits per heavy atom. The Balaban J connectivity index is 1.50. The van der Waals surface area contributed by atoms with Crippen molar-refractivity contribution in [2.24, 2.45) is 5.92 Å². The van der Waals surface area contributed by atoms with Gasteiger partial charge in [0.05, 0.1) is 0 Å². The summed E-state index contributed by atoms with van der Waals surface area (Å²) in [5, 5.41) is 3.49. The topological polar surface area (TPSA) is 18.5 Å². The van der Waals surface area contributed by atoms with Crippen molar-refractivity contribution >= 4 is 11.4 Å². The van der Waals surface area contributed by atoms with Crippen LogP contribution in [-0.4, -0.2) is 37.6 Å². The summed E-state index contributed by atoms with van der Waals surface area (Å²) in [6, 6.07) is 19.4. The average molecular weight is 323 g/mol. The van der Waals surface area contributed by atoms with Gasteiger partial charge in [0.25, 0.3) is 0 Å². The first-order valence-electron chi connectivity index (χ1n) is 9.06. The zero-order valence-electron chi connectivity index (χ0n) is 14.9. The van der Waals surface area contributed by atoms with Crippen molar-refractivity contribution in [1.29, 1.82) is 0 Å².